The fourth-order valence-corrected chi connectivity index (χ4v) is 1.96. The van der Waals surface area contributed by atoms with Crippen LogP contribution in [-0.2, 0) is 0 Å². The van der Waals surface area contributed by atoms with E-state index >= 15 is 0 Å². The minimum absolute atomic E-state index is 0.672. The summed E-state index contributed by atoms with van der Waals surface area (Å²) in [5.74, 6) is 0.672. The Balaban J connectivity index is 2.05. The zero-order valence-corrected chi connectivity index (χ0v) is 9.19. The third kappa shape index (κ3) is 2.89. The molecule has 0 bridgehead atoms. The van der Waals surface area contributed by atoms with Gasteiger partial charge in [0, 0.05) is 13.1 Å². The van der Waals surface area contributed by atoms with Crippen molar-refractivity contribution in [3.63, 3.8) is 0 Å². The minimum atomic E-state index is 0.672. The number of aromatic nitrogens is 2. The Morgan fingerprint density at radius 1 is 1.40 bits per heavy atom. The molecule has 4 heteroatoms. The number of hydrogen-bond acceptors (Lipinski definition) is 4. The van der Waals surface area contributed by atoms with Crippen LogP contribution in [0.2, 0.25) is 0 Å². The molecule has 1 saturated heterocycles. The zero-order chi connectivity index (χ0) is 10.5. The summed E-state index contributed by atoms with van der Waals surface area (Å²) in [4.78, 5) is 10.5. The van der Waals surface area contributed by atoms with Gasteiger partial charge in [-0.25, -0.2) is 9.97 Å². The third-order valence-electron chi connectivity index (χ3n) is 2.72. The molecule has 0 aliphatic carbocycles. The van der Waals surface area contributed by atoms with Crippen LogP contribution in [0, 0.1) is 5.92 Å². The molecule has 1 N–H and O–H groups in total. The fraction of sp³-hybridized carbons (Fsp3) is 0.636. The molecule has 1 fully saturated rings. The Hall–Kier alpha value is -1.16. The maximum Gasteiger partial charge on any atom is 0.115 e. The first-order chi connectivity index (χ1) is 7.36. The van der Waals surface area contributed by atoms with Gasteiger partial charge in [0.25, 0.3) is 0 Å². The molecule has 1 aliphatic rings. The number of anilines is 1. The van der Waals surface area contributed by atoms with Gasteiger partial charge in [-0.1, -0.05) is 6.92 Å². The lowest BCUT2D eigenvalue weighted by Gasteiger charge is -2.29. The molecule has 1 unspecified atom stereocenters. The smallest absolute Gasteiger partial charge is 0.115 e. The lowest BCUT2D eigenvalue weighted by molar-refractivity contribution is 0.467. The van der Waals surface area contributed by atoms with Gasteiger partial charge in [0.15, 0.2) is 0 Å². The van der Waals surface area contributed by atoms with Gasteiger partial charge in [0.05, 0.1) is 18.1 Å². The maximum absolute atomic E-state index is 4.07. The zero-order valence-electron chi connectivity index (χ0n) is 9.19. The predicted molar refractivity (Wildman–Crippen MR) is 60.9 cm³/mol. The van der Waals surface area contributed by atoms with Gasteiger partial charge in [0.1, 0.15) is 6.33 Å². The predicted octanol–water partition coefficient (Wildman–Crippen LogP) is 0.912. The topological polar surface area (TPSA) is 41.0 Å². The highest BCUT2D eigenvalue weighted by Crippen LogP contribution is 2.14. The van der Waals surface area contributed by atoms with Crippen LogP contribution >= 0.6 is 0 Å². The standard InChI is InChI=1S/C11H18N4/c1-10-5-12-3-2-4-15(8-10)11-6-13-9-14-7-11/h6-7,9-10,12H,2-5,8H2,1H3. The quantitative estimate of drug-likeness (QED) is 0.741. The molecule has 4 nitrogen and oxygen atoms in total. The third-order valence-corrected chi connectivity index (χ3v) is 2.72. The lowest BCUT2D eigenvalue weighted by atomic mass is 10.1. The van der Waals surface area contributed by atoms with Crippen LogP contribution in [0.25, 0.3) is 0 Å². The van der Waals surface area contributed by atoms with Crippen molar-refractivity contribution in [2.75, 3.05) is 31.1 Å². The number of rotatable bonds is 1. The average molecular weight is 206 g/mol. The van der Waals surface area contributed by atoms with Crippen LogP contribution in [0.15, 0.2) is 18.7 Å². The Bertz CT molecular complexity index is 288. The van der Waals surface area contributed by atoms with Crippen LogP contribution in [-0.4, -0.2) is 36.1 Å². The number of nitrogens with zero attached hydrogens (tertiary/aromatic N) is 3. The van der Waals surface area contributed by atoms with Crippen LogP contribution in [0.3, 0.4) is 0 Å². The molecular weight excluding hydrogens is 188 g/mol. The first kappa shape index (κ1) is 10.4. The molecule has 2 heterocycles. The summed E-state index contributed by atoms with van der Waals surface area (Å²) < 4.78 is 0. The second-order valence-corrected chi connectivity index (χ2v) is 4.21. The van der Waals surface area contributed by atoms with Crippen LogP contribution in [0.5, 0.6) is 0 Å². The minimum Gasteiger partial charge on any atom is -0.369 e. The Morgan fingerprint density at radius 3 is 3.00 bits per heavy atom. The normalized spacial score (nSPS) is 23.3. The van der Waals surface area contributed by atoms with Crippen molar-refractivity contribution in [3.8, 4) is 0 Å². The second kappa shape index (κ2) is 5.07. The van der Waals surface area contributed by atoms with Crippen LogP contribution in [0.4, 0.5) is 5.69 Å². The second-order valence-electron chi connectivity index (χ2n) is 4.21. The highest BCUT2D eigenvalue weighted by molar-refractivity contribution is 5.41. The Kier molecular flexibility index (Phi) is 3.50. The molecule has 0 radical (unpaired) electrons. The summed E-state index contributed by atoms with van der Waals surface area (Å²) in [7, 11) is 0. The molecule has 0 aromatic carbocycles. The van der Waals surface area contributed by atoms with E-state index in [1.54, 1.807) is 6.33 Å². The molecule has 0 saturated carbocycles. The summed E-state index contributed by atoms with van der Waals surface area (Å²) in [5, 5.41) is 3.45. The molecule has 0 amide bonds. The van der Waals surface area contributed by atoms with Crippen molar-refractivity contribution in [1.82, 2.24) is 15.3 Å². The summed E-state index contributed by atoms with van der Waals surface area (Å²) >= 11 is 0. The highest BCUT2D eigenvalue weighted by atomic mass is 15.2. The van der Waals surface area contributed by atoms with Gasteiger partial charge in [-0.3, -0.25) is 0 Å². The van der Waals surface area contributed by atoms with E-state index in [4.69, 9.17) is 0 Å². The van der Waals surface area contributed by atoms with Gasteiger partial charge in [-0.15, -0.1) is 0 Å². The fourth-order valence-electron chi connectivity index (χ4n) is 1.96. The molecule has 2 rings (SSSR count). The van der Waals surface area contributed by atoms with Crippen molar-refractivity contribution in [2.45, 2.75) is 13.3 Å². The molecular formula is C11H18N4. The number of nitrogens with one attached hydrogen (secondary N) is 1. The molecule has 82 valence electrons. The molecule has 1 aromatic rings. The first-order valence-electron chi connectivity index (χ1n) is 5.57. The SMILES string of the molecule is CC1CNCCCN(c2cncnc2)C1. The Morgan fingerprint density at radius 2 is 2.20 bits per heavy atom. The highest BCUT2D eigenvalue weighted by Gasteiger charge is 2.13. The van der Waals surface area contributed by atoms with E-state index in [1.807, 2.05) is 12.4 Å². The molecule has 1 atom stereocenters. The van der Waals surface area contributed by atoms with Gasteiger partial charge in [-0.2, -0.15) is 0 Å². The van der Waals surface area contributed by atoms with E-state index in [0.29, 0.717) is 5.92 Å². The summed E-state index contributed by atoms with van der Waals surface area (Å²) in [5.41, 5.74) is 1.14. The van der Waals surface area contributed by atoms with E-state index in [1.165, 1.54) is 6.42 Å². The van der Waals surface area contributed by atoms with Crippen LogP contribution in [0.1, 0.15) is 13.3 Å². The van der Waals surface area contributed by atoms with Crippen molar-refractivity contribution < 1.29 is 0 Å². The van der Waals surface area contributed by atoms with Gasteiger partial charge in [-0.05, 0) is 25.4 Å². The molecule has 1 aliphatic heterocycles. The van der Waals surface area contributed by atoms with Gasteiger partial charge >= 0.3 is 0 Å². The van der Waals surface area contributed by atoms with E-state index < -0.39 is 0 Å². The van der Waals surface area contributed by atoms with Gasteiger partial charge in [0.2, 0.25) is 0 Å². The Labute approximate surface area is 90.7 Å². The van der Waals surface area contributed by atoms with Gasteiger partial charge < -0.3 is 10.2 Å². The lowest BCUT2D eigenvalue weighted by Crippen LogP contribution is -2.38. The monoisotopic (exact) mass is 206 g/mol. The number of hydrogen-bond donors (Lipinski definition) is 1. The maximum atomic E-state index is 4.07. The van der Waals surface area contributed by atoms with E-state index in [-0.39, 0.29) is 0 Å². The average Bonchev–Trinajstić information content (AvgIpc) is 2.24. The van der Waals surface area contributed by atoms with Crippen molar-refractivity contribution >= 4 is 5.69 Å². The molecule has 15 heavy (non-hydrogen) atoms. The van der Waals surface area contributed by atoms with E-state index in [9.17, 15) is 0 Å². The van der Waals surface area contributed by atoms with Crippen LogP contribution < -0.4 is 10.2 Å². The van der Waals surface area contributed by atoms with E-state index in [2.05, 4.69) is 27.1 Å². The van der Waals surface area contributed by atoms with Crippen molar-refractivity contribution in [2.24, 2.45) is 5.92 Å². The first-order valence-corrected chi connectivity index (χ1v) is 5.57. The molecule has 0 spiro atoms. The van der Waals surface area contributed by atoms with Crippen molar-refractivity contribution in [3.05, 3.63) is 18.7 Å². The molecule has 1 aromatic heterocycles. The van der Waals surface area contributed by atoms with Crippen molar-refractivity contribution in [1.29, 1.82) is 0 Å². The largest absolute Gasteiger partial charge is 0.369 e. The summed E-state index contributed by atoms with van der Waals surface area (Å²) in [6.45, 7) is 6.65. The van der Waals surface area contributed by atoms with E-state index in [0.717, 1.165) is 31.9 Å². The summed E-state index contributed by atoms with van der Waals surface area (Å²) in [6, 6.07) is 0. The summed E-state index contributed by atoms with van der Waals surface area (Å²) in [6.07, 6.45) is 6.56.